The van der Waals surface area contributed by atoms with E-state index in [2.05, 4.69) is 20.9 Å². The van der Waals surface area contributed by atoms with Gasteiger partial charge in [0.2, 0.25) is 0 Å². The molecular formula is C11H11BrN2OS. The summed E-state index contributed by atoms with van der Waals surface area (Å²) in [6, 6.07) is 2.29. The molecule has 3 nitrogen and oxygen atoms in total. The summed E-state index contributed by atoms with van der Waals surface area (Å²) in [5.74, 6) is 1.22. The Labute approximate surface area is 107 Å². The molecule has 3 heterocycles. The number of pyridine rings is 1. The van der Waals surface area contributed by atoms with Crippen LogP contribution in [0.15, 0.2) is 22.9 Å². The summed E-state index contributed by atoms with van der Waals surface area (Å²) in [6.07, 6.45) is 4.51. The van der Waals surface area contributed by atoms with E-state index >= 15 is 0 Å². The van der Waals surface area contributed by atoms with Crippen molar-refractivity contribution in [3.05, 3.63) is 28.5 Å². The van der Waals surface area contributed by atoms with Crippen LogP contribution in [-0.2, 0) is 0 Å². The predicted octanol–water partition coefficient (Wildman–Crippen LogP) is 2.17. The van der Waals surface area contributed by atoms with Crippen molar-refractivity contribution in [2.45, 2.75) is 17.7 Å². The molecule has 3 rings (SSSR count). The Morgan fingerprint density at radius 1 is 1.56 bits per heavy atom. The van der Waals surface area contributed by atoms with Crippen molar-refractivity contribution in [1.82, 2.24) is 9.88 Å². The van der Waals surface area contributed by atoms with Gasteiger partial charge in [-0.3, -0.25) is 9.78 Å². The molecule has 5 heteroatoms. The highest BCUT2D eigenvalue weighted by Gasteiger charge is 2.41. The molecular weight excluding hydrogens is 288 g/mol. The zero-order chi connectivity index (χ0) is 11.1. The molecule has 2 aliphatic heterocycles. The van der Waals surface area contributed by atoms with Crippen molar-refractivity contribution in [2.24, 2.45) is 0 Å². The van der Waals surface area contributed by atoms with Gasteiger partial charge in [-0.1, -0.05) is 0 Å². The van der Waals surface area contributed by atoms with Crippen molar-refractivity contribution in [3.63, 3.8) is 0 Å². The minimum Gasteiger partial charge on any atom is -0.334 e. The number of carbonyl (C=O) groups is 1. The van der Waals surface area contributed by atoms with Gasteiger partial charge in [0.05, 0.1) is 5.56 Å². The van der Waals surface area contributed by atoms with Gasteiger partial charge in [0.1, 0.15) is 0 Å². The first-order valence-corrected chi connectivity index (χ1v) is 7.11. The maximum atomic E-state index is 12.2. The fourth-order valence-electron chi connectivity index (χ4n) is 2.34. The van der Waals surface area contributed by atoms with Crippen LogP contribution in [0.25, 0.3) is 0 Å². The molecule has 1 aromatic heterocycles. The van der Waals surface area contributed by atoms with Crippen LogP contribution in [0.2, 0.25) is 0 Å². The minimum atomic E-state index is 0.126. The molecule has 1 amide bonds. The Balaban J connectivity index is 1.83. The van der Waals surface area contributed by atoms with E-state index in [1.54, 1.807) is 12.4 Å². The van der Waals surface area contributed by atoms with Crippen molar-refractivity contribution < 1.29 is 4.79 Å². The number of likely N-dealkylation sites (tertiary alicyclic amines) is 1. The van der Waals surface area contributed by atoms with E-state index in [4.69, 9.17) is 0 Å². The number of aromatic nitrogens is 1. The molecule has 84 valence electrons. The highest BCUT2D eigenvalue weighted by Crippen LogP contribution is 2.38. The first kappa shape index (κ1) is 10.6. The van der Waals surface area contributed by atoms with E-state index < -0.39 is 0 Å². The second-order valence-corrected chi connectivity index (χ2v) is 6.44. The average Bonchev–Trinajstić information content (AvgIpc) is 2.89. The maximum absolute atomic E-state index is 12.2. The quantitative estimate of drug-likeness (QED) is 0.797. The first-order valence-electron chi connectivity index (χ1n) is 5.27. The summed E-state index contributed by atoms with van der Waals surface area (Å²) in [7, 11) is 0. The third kappa shape index (κ3) is 1.76. The van der Waals surface area contributed by atoms with Crippen LogP contribution in [-0.4, -0.2) is 39.4 Å². The van der Waals surface area contributed by atoms with E-state index in [1.165, 1.54) is 0 Å². The molecule has 1 aromatic rings. The van der Waals surface area contributed by atoms with E-state index in [-0.39, 0.29) is 5.91 Å². The number of rotatable bonds is 1. The predicted molar refractivity (Wildman–Crippen MR) is 67.6 cm³/mol. The molecule has 2 atom stereocenters. The smallest absolute Gasteiger partial charge is 0.255 e. The Morgan fingerprint density at radius 2 is 2.44 bits per heavy atom. The van der Waals surface area contributed by atoms with Gasteiger partial charge in [-0.15, -0.1) is 0 Å². The SMILES string of the molecule is O=C(c1cncc(Br)c1)N1C[C@H]2C[C@H]1CS2. The van der Waals surface area contributed by atoms with E-state index in [0.29, 0.717) is 16.9 Å². The average molecular weight is 299 g/mol. The molecule has 0 aromatic carbocycles. The van der Waals surface area contributed by atoms with Gasteiger partial charge in [-0.25, -0.2) is 0 Å². The molecule has 0 saturated carbocycles. The molecule has 0 unspecified atom stereocenters. The zero-order valence-electron chi connectivity index (χ0n) is 8.60. The molecule has 2 saturated heterocycles. The normalized spacial score (nSPS) is 27.4. The van der Waals surface area contributed by atoms with Crippen molar-refractivity contribution in [2.75, 3.05) is 12.3 Å². The summed E-state index contributed by atoms with van der Waals surface area (Å²) in [5.41, 5.74) is 0.687. The van der Waals surface area contributed by atoms with E-state index in [1.807, 2.05) is 22.7 Å². The number of hydrogen-bond acceptors (Lipinski definition) is 3. The van der Waals surface area contributed by atoms with Crippen LogP contribution < -0.4 is 0 Å². The summed E-state index contributed by atoms with van der Waals surface area (Å²) in [6.45, 7) is 0.903. The van der Waals surface area contributed by atoms with Gasteiger partial charge < -0.3 is 4.90 Å². The molecule has 2 bridgehead atoms. The minimum absolute atomic E-state index is 0.126. The maximum Gasteiger partial charge on any atom is 0.255 e. The molecule has 2 aliphatic rings. The molecule has 2 fully saturated rings. The molecule has 0 spiro atoms. The van der Waals surface area contributed by atoms with Gasteiger partial charge in [0.25, 0.3) is 5.91 Å². The third-order valence-electron chi connectivity index (χ3n) is 3.11. The zero-order valence-corrected chi connectivity index (χ0v) is 11.0. The van der Waals surface area contributed by atoms with Crippen LogP contribution in [0.3, 0.4) is 0 Å². The van der Waals surface area contributed by atoms with Gasteiger partial charge in [-0.2, -0.15) is 11.8 Å². The van der Waals surface area contributed by atoms with Crippen LogP contribution in [0.5, 0.6) is 0 Å². The van der Waals surface area contributed by atoms with Crippen LogP contribution in [0, 0.1) is 0 Å². The fraction of sp³-hybridized carbons (Fsp3) is 0.455. The lowest BCUT2D eigenvalue weighted by Gasteiger charge is -2.26. The highest BCUT2D eigenvalue weighted by molar-refractivity contribution is 9.10. The number of carbonyl (C=O) groups excluding carboxylic acids is 1. The lowest BCUT2D eigenvalue weighted by Crippen LogP contribution is -2.39. The third-order valence-corrected chi connectivity index (χ3v) is 4.94. The monoisotopic (exact) mass is 298 g/mol. The van der Waals surface area contributed by atoms with Crippen LogP contribution in [0.1, 0.15) is 16.8 Å². The number of halogens is 1. The topological polar surface area (TPSA) is 33.2 Å². The second kappa shape index (κ2) is 4.04. The highest BCUT2D eigenvalue weighted by atomic mass is 79.9. The molecule has 0 radical (unpaired) electrons. The van der Waals surface area contributed by atoms with Gasteiger partial charge in [0, 0.05) is 40.5 Å². The largest absolute Gasteiger partial charge is 0.334 e. The van der Waals surface area contributed by atoms with E-state index in [9.17, 15) is 4.79 Å². The standard InChI is InChI=1S/C11H11BrN2OS/c12-8-1-7(3-13-4-8)11(15)14-5-10-2-9(14)6-16-10/h1,3-4,9-10H,2,5-6H2/t9-,10+/m0/s1. The Kier molecular flexibility index (Phi) is 2.67. The Morgan fingerprint density at radius 3 is 3.06 bits per heavy atom. The molecule has 0 N–H and O–H groups in total. The summed E-state index contributed by atoms with van der Waals surface area (Å²) >= 11 is 5.34. The van der Waals surface area contributed by atoms with Gasteiger partial charge in [0.15, 0.2) is 0 Å². The number of thioether (sulfide) groups is 1. The van der Waals surface area contributed by atoms with Gasteiger partial charge in [-0.05, 0) is 28.4 Å². The fourth-order valence-corrected chi connectivity index (χ4v) is 4.14. The summed E-state index contributed by atoms with van der Waals surface area (Å²) < 4.78 is 0.858. The molecule has 16 heavy (non-hydrogen) atoms. The van der Waals surface area contributed by atoms with Crippen LogP contribution in [0.4, 0.5) is 0 Å². The number of amides is 1. The lowest BCUT2D eigenvalue weighted by atomic mass is 10.2. The first-order chi connectivity index (χ1) is 7.74. The van der Waals surface area contributed by atoms with Crippen molar-refractivity contribution in [1.29, 1.82) is 0 Å². The summed E-state index contributed by atoms with van der Waals surface area (Å²) in [4.78, 5) is 18.3. The second-order valence-electron chi connectivity index (χ2n) is 4.19. The van der Waals surface area contributed by atoms with E-state index in [0.717, 1.165) is 23.2 Å². The summed E-state index contributed by atoms with van der Waals surface area (Å²) in [5, 5.41) is 0.661. The van der Waals surface area contributed by atoms with Crippen molar-refractivity contribution >= 4 is 33.6 Å². The Bertz CT molecular complexity index is 440. The lowest BCUT2D eigenvalue weighted by molar-refractivity contribution is 0.0747. The van der Waals surface area contributed by atoms with Gasteiger partial charge >= 0.3 is 0 Å². The number of hydrogen-bond donors (Lipinski definition) is 0. The van der Waals surface area contributed by atoms with Crippen LogP contribution >= 0.6 is 27.7 Å². The number of fused-ring (bicyclic) bond motifs is 2. The molecule has 0 aliphatic carbocycles. The number of nitrogens with zero attached hydrogens (tertiary/aromatic N) is 2. The Hall–Kier alpha value is -0.550. The van der Waals surface area contributed by atoms with Crippen molar-refractivity contribution in [3.8, 4) is 0 Å².